The van der Waals surface area contributed by atoms with Crippen molar-refractivity contribution in [2.24, 2.45) is 11.8 Å². The SMILES string of the molecule is CC1CC(C(=O)O)CN(C(=O)CN(C)S(=O)(=O)c2cccc([N+](=O)[O-])c2)C1. The van der Waals surface area contributed by atoms with Crippen LogP contribution in [0.4, 0.5) is 5.69 Å². The average Bonchev–Trinajstić information content (AvgIpc) is 2.61. The quantitative estimate of drug-likeness (QED) is 0.551. The van der Waals surface area contributed by atoms with E-state index in [1.54, 1.807) is 0 Å². The summed E-state index contributed by atoms with van der Waals surface area (Å²) in [6.45, 7) is 1.74. The van der Waals surface area contributed by atoms with Crippen molar-refractivity contribution in [1.82, 2.24) is 9.21 Å². The van der Waals surface area contributed by atoms with Crippen LogP contribution in [0.1, 0.15) is 13.3 Å². The van der Waals surface area contributed by atoms with Gasteiger partial charge in [-0.3, -0.25) is 19.7 Å². The third-order valence-corrected chi connectivity index (χ3v) is 6.26. The predicted octanol–water partition coefficient (Wildman–Crippen LogP) is 0.785. The van der Waals surface area contributed by atoms with E-state index in [-0.39, 0.29) is 23.0 Å². The van der Waals surface area contributed by atoms with Crippen molar-refractivity contribution in [3.63, 3.8) is 0 Å². The van der Waals surface area contributed by atoms with Gasteiger partial charge in [0.05, 0.1) is 22.3 Å². The smallest absolute Gasteiger partial charge is 0.308 e. The number of rotatable bonds is 6. The minimum absolute atomic E-state index is 0.0116. The van der Waals surface area contributed by atoms with Crippen LogP contribution in [0, 0.1) is 22.0 Å². The van der Waals surface area contributed by atoms with Crippen molar-refractivity contribution < 1.29 is 28.0 Å². The van der Waals surface area contributed by atoms with Crippen LogP contribution in [-0.2, 0) is 19.6 Å². The molecule has 0 saturated carbocycles. The average molecular weight is 399 g/mol. The Morgan fingerprint density at radius 1 is 1.37 bits per heavy atom. The van der Waals surface area contributed by atoms with Crippen LogP contribution in [0.5, 0.6) is 0 Å². The van der Waals surface area contributed by atoms with Gasteiger partial charge in [-0.05, 0) is 18.4 Å². The van der Waals surface area contributed by atoms with Gasteiger partial charge in [-0.15, -0.1) is 0 Å². The third-order valence-electron chi connectivity index (χ3n) is 4.46. The molecule has 0 bridgehead atoms. The van der Waals surface area contributed by atoms with E-state index in [0.29, 0.717) is 13.0 Å². The lowest BCUT2D eigenvalue weighted by atomic mass is 9.90. The van der Waals surface area contributed by atoms with Crippen LogP contribution in [0.3, 0.4) is 0 Å². The summed E-state index contributed by atoms with van der Waals surface area (Å²) in [5, 5.41) is 20.0. The highest BCUT2D eigenvalue weighted by Gasteiger charge is 2.33. The molecule has 2 atom stereocenters. The molecule has 1 aromatic carbocycles. The van der Waals surface area contributed by atoms with Gasteiger partial charge in [0.2, 0.25) is 15.9 Å². The topological polar surface area (TPSA) is 138 Å². The number of non-ortho nitro benzene ring substituents is 1. The zero-order valence-corrected chi connectivity index (χ0v) is 15.8. The molecular weight excluding hydrogens is 378 g/mol. The second kappa shape index (κ2) is 8.01. The molecule has 2 unspecified atom stereocenters. The number of aliphatic carboxylic acids is 1. The number of carboxylic acid groups (broad SMARTS) is 1. The summed E-state index contributed by atoms with van der Waals surface area (Å²) in [5.41, 5.74) is -0.370. The molecule has 1 fully saturated rings. The summed E-state index contributed by atoms with van der Waals surface area (Å²) in [7, 11) is -2.90. The molecule has 1 heterocycles. The Morgan fingerprint density at radius 3 is 2.63 bits per heavy atom. The Balaban J connectivity index is 2.14. The number of likely N-dealkylation sites (tertiary alicyclic amines) is 1. The Morgan fingerprint density at radius 2 is 2.04 bits per heavy atom. The third kappa shape index (κ3) is 4.80. The van der Waals surface area contributed by atoms with Gasteiger partial charge in [-0.1, -0.05) is 13.0 Å². The maximum absolute atomic E-state index is 12.6. The number of carbonyl (C=O) groups is 2. The summed E-state index contributed by atoms with van der Waals surface area (Å²) in [4.78, 5) is 34.9. The number of sulfonamides is 1. The van der Waals surface area contributed by atoms with Crippen molar-refractivity contribution in [1.29, 1.82) is 0 Å². The van der Waals surface area contributed by atoms with Gasteiger partial charge in [-0.2, -0.15) is 4.31 Å². The molecule has 1 aliphatic heterocycles. The van der Waals surface area contributed by atoms with E-state index >= 15 is 0 Å². The molecule has 10 nitrogen and oxygen atoms in total. The van der Waals surface area contributed by atoms with Crippen molar-refractivity contribution >= 4 is 27.6 Å². The van der Waals surface area contributed by atoms with Crippen LogP contribution in [0.25, 0.3) is 0 Å². The number of hydrogen-bond acceptors (Lipinski definition) is 6. The molecule has 148 valence electrons. The predicted molar refractivity (Wildman–Crippen MR) is 94.4 cm³/mol. The number of carbonyl (C=O) groups excluding carboxylic acids is 1. The van der Waals surface area contributed by atoms with Crippen molar-refractivity contribution in [3.05, 3.63) is 34.4 Å². The van der Waals surface area contributed by atoms with Gasteiger partial charge in [0.25, 0.3) is 5.69 Å². The first-order valence-electron chi connectivity index (χ1n) is 8.23. The summed E-state index contributed by atoms with van der Waals surface area (Å²) in [5.74, 6) is -2.19. The Hall–Kier alpha value is -2.53. The van der Waals surface area contributed by atoms with E-state index in [1.807, 2.05) is 6.92 Å². The second-order valence-electron chi connectivity index (χ2n) is 6.69. The number of amides is 1. The molecule has 0 aromatic heterocycles. The molecular formula is C16H21N3O7S. The maximum atomic E-state index is 12.6. The van der Waals surface area contributed by atoms with Gasteiger partial charge in [0.1, 0.15) is 0 Å². The Kier molecular flexibility index (Phi) is 6.16. The first kappa shape index (κ1) is 20.8. The van der Waals surface area contributed by atoms with Crippen molar-refractivity contribution in [3.8, 4) is 0 Å². The summed E-state index contributed by atoms with van der Waals surface area (Å²) in [6.07, 6.45) is 0.459. The van der Waals surface area contributed by atoms with Crippen molar-refractivity contribution in [2.75, 3.05) is 26.7 Å². The fourth-order valence-electron chi connectivity index (χ4n) is 3.05. The lowest BCUT2D eigenvalue weighted by Gasteiger charge is -2.35. The monoisotopic (exact) mass is 399 g/mol. The molecule has 1 amide bonds. The highest BCUT2D eigenvalue weighted by molar-refractivity contribution is 7.89. The van der Waals surface area contributed by atoms with Gasteiger partial charge >= 0.3 is 5.97 Å². The first-order chi connectivity index (χ1) is 12.5. The molecule has 2 rings (SSSR count). The lowest BCUT2D eigenvalue weighted by molar-refractivity contribution is -0.385. The number of nitro groups is 1. The molecule has 1 N–H and O–H groups in total. The van der Waals surface area contributed by atoms with Crippen LogP contribution < -0.4 is 0 Å². The first-order valence-corrected chi connectivity index (χ1v) is 9.67. The number of piperidine rings is 1. The van der Waals surface area contributed by atoms with E-state index in [9.17, 15) is 33.2 Å². The minimum atomic E-state index is -4.11. The standard InChI is InChI=1S/C16H21N3O7S/c1-11-6-12(16(21)22)9-18(8-11)15(20)10-17(2)27(25,26)14-5-3-4-13(7-14)19(23)24/h3-5,7,11-12H,6,8-10H2,1-2H3,(H,21,22). The van der Waals surface area contributed by atoms with E-state index in [2.05, 4.69) is 0 Å². The molecule has 0 spiro atoms. The Labute approximate surface area is 156 Å². The van der Waals surface area contributed by atoms with Crippen LogP contribution >= 0.6 is 0 Å². The number of likely N-dealkylation sites (N-methyl/N-ethyl adjacent to an activating group) is 1. The molecule has 0 radical (unpaired) electrons. The summed E-state index contributed by atoms with van der Waals surface area (Å²) < 4.78 is 26.0. The van der Waals surface area contributed by atoms with E-state index < -0.39 is 39.3 Å². The fraction of sp³-hybridized carbons (Fsp3) is 0.500. The summed E-state index contributed by atoms with van der Waals surface area (Å²) in [6, 6.07) is 4.57. The van der Waals surface area contributed by atoms with E-state index in [0.717, 1.165) is 10.4 Å². The minimum Gasteiger partial charge on any atom is -0.481 e. The molecule has 1 aromatic rings. The zero-order chi connectivity index (χ0) is 20.4. The molecule has 27 heavy (non-hydrogen) atoms. The van der Waals surface area contributed by atoms with Gasteiger partial charge in [-0.25, -0.2) is 8.42 Å². The van der Waals surface area contributed by atoms with E-state index in [1.165, 1.54) is 30.1 Å². The van der Waals surface area contributed by atoms with E-state index in [4.69, 9.17) is 0 Å². The molecule has 1 saturated heterocycles. The van der Waals surface area contributed by atoms with Gasteiger partial charge in [0.15, 0.2) is 0 Å². The maximum Gasteiger partial charge on any atom is 0.308 e. The largest absolute Gasteiger partial charge is 0.481 e. The highest BCUT2D eigenvalue weighted by Crippen LogP contribution is 2.23. The molecule has 0 aliphatic carbocycles. The second-order valence-corrected chi connectivity index (χ2v) is 8.74. The highest BCUT2D eigenvalue weighted by atomic mass is 32.2. The lowest BCUT2D eigenvalue weighted by Crippen LogP contribution is -2.49. The summed E-state index contributed by atoms with van der Waals surface area (Å²) >= 11 is 0. The number of hydrogen-bond donors (Lipinski definition) is 1. The number of benzene rings is 1. The van der Waals surface area contributed by atoms with Gasteiger partial charge < -0.3 is 10.0 Å². The number of carboxylic acids is 1. The van der Waals surface area contributed by atoms with Crippen LogP contribution in [-0.4, -0.2) is 66.2 Å². The van der Waals surface area contributed by atoms with Crippen LogP contribution in [0.2, 0.25) is 0 Å². The van der Waals surface area contributed by atoms with Crippen molar-refractivity contribution in [2.45, 2.75) is 18.2 Å². The van der Waals surface area contributed by atoms with Gasteiger partial charge in [0, 0.05) is 32.3 Å². The zero-order valence-electron chi connectivity index (χ0n) is 14.9. The van der Waals surface area contributed by atoms with Crippen LogP contribution in [0.15, 0.2) is 29.2 Å². The number of nitro benzene ring substituents is 1. The fourth-order valence-corrected chi connectivity index (χ4v) is 4.21. The molecule has 11 heteroatoms. The Bertz CT molecular complexity index is 855. The normalized spacial score (nSPS) is 20.5. The molecule has 1 aliphatic rings. The number of nitrogens with zero attached hydrogens (tertiary/aromatic N) is 3.